The summed E-state index contributed by atoms with van der Waals surface area (Å²) in [5.74, 6) is 1.35. The number of rotatable bonds is 3. The van der Waals surface area contributed by atoms with E-state index in [9.17, 15) is 0 Å². The number of methoxy groups -OCH3 is 2. The molecule has 0 aliphatic carbocycles. The van der Waals surface area contributed by atoms with E-state index in [0.717, 1.165) is 5.56 Å². The monoisotopic (exact) mass is 193 g/mol. The van der Waals surface area contributed by atoms with Crippen LogP contribution in [0.1, 0.15) is 5.56 Å². The molecule has 0 radical (unpaired) electrons. The van der Waals surface area contributed by atoms with Gasteiger partial charge in [0.25, 0.3) is 6.26 Å². The lowest BCUT2D eigenvalue weighted by Gasteiger charge is -2.10. The highest BCUT2D eigenvalue weighted by Gasteiger charge is 2.12. The summed E-state index contributed by atoms with van der Waals surface area (Å²) in [6.07, 6.45) is 1.60. The lowest BCUT2D eigenvalue weighted by atomic mass is 10.2. The number of nitriles is 1. The Morgan fingerprint density at radius 3 is 2.29 bits per heavy atom. The van der Waals surface area contributed by atoms with Gasteiger partial charge in [-0.3, -0.25) is 0 Å². The van der Waals surface area contributed by atoms with Crippen LogP contribution in [0.25, 0.3) is 0 Å². The molecule has 0 N–H and O–H groups in total. The first-order chi connectivity index (χ1) is 6.72. The Labute approximate surface area is 82.6 Å². The highest BCUT2D eigenvalue weighted by atomic mass is 16.5. The van der Waals surface area contributed by atoms with Crippen LogP contribution in [0.3, 0.4) is 0 Å². The van der Waals surface area contributed by atoms with E-state index in [4.69, 9.17) is 19.5 Å². The molecule has 74 valence electrons. The Morgan fingerprint density at radius 2 is 1.79 bits per heavy atom. The third-order valence-corrected chi connectivity index (χ3v) is 1.74. The van der Waals surface area contributed by atoms with Crippen molar-refractivity contribution in [3.8, 4) is 23.5 Å². The predicted molar refractivity (Wildman–Crippen MR) is 50.5 cm³/mol. The minimum atomic E-state index is 0.367. The maximum absolute atomic E-state index is 8.43. The van der Waals surface area contributed by atoms with Gasteiger partial charge in [0.1, 0.15) is 0 Å². The molecular formula is C10H11NO3. The van der Waals surface area contributed by atoms with Gasteiger partial charge < -0.3 is 14.2 Å². The zero-order valence-corrected chi connectivity index (χ0v) is 8.33. The van der Waals surface area contributed by atoms with Crippen LogP contribution in [-0.2, 0) is 0 Å². The Hall–Kier alpha value is -1.89. The van der Waals surface area contributed by atoms with Crippen molar-refractivity contribution in [2.45, 2.75) is 6.92 Å². The summed E-state index contributed by atoms with van der Waals surface area (Å²) < 4.78 is 14.9. The zero-order valence-electron chi connectivity index (χ0n) is 8.33. The molecule has 1 rings (SSSR count). The minimum Gasteiger partial charge on any atom is -0.493 e. The normalized spacial score (nSPS) is 9.00. The quantitative estimate of drug-likeness (QED) is 0.687. The molecule has 1 aromatic rings. The number of ether oxygens (including phenoxy) is 3. The topological polar surface area (TPSA) is 51.5 Å². The summed E-state index contributed by atoms with van der Waals surface area (Å²) in [6.45, 7) is 1.88. The number of aryl methyl sites for hydroxylation is 1. The van der Waals surface area contributed by atoms with Gasteiger partial charge in [-0.2, -0.15) is 0 Å². The van der Waals surface area contributed by atoms with E-state index >= 15 is 0 Å². The van der Waals surface area contributed by atoms with Crippen LogP contribution < -0.4 is 14.2 Å². The van der Waals surface area contributed by atoms with Gasteiger partial charge in [0.05, 0.1) is 14.2 Å². The van der Waals surface area contributed by atoms with Gasteiger partial charge in [-0.05, 0) is 24.6 Å². The molecule has 0 saturated heterocycles. The van der Waals surface area contributed by atoms with Crippen LogP contribution in [-0.4, -0.2) is 14.2 Å². The average Bonchev–Trinajstić information content (AvgIpc) is 2.17. The Morgan fingerprint density at radius 1 is 1.14 bits per heavy atom. The number of benzene rings is 1. The number of hydrogen-bond acceptors (Lipinski definition) is 4. The standard InChI is InChI=1S/C10H11NO3/c1-7-4-8(12-2)10(13-3)9(5-7)14-6-11/h4-5H,1-3H3. The minimum absolute atomic E-state index is 0.367. The molecule has 0 aliphatic rings. The zero-order chi connectivity index (χ0) is 10.6. The first-order valence-corrected chi connectivity index (χ1v) is 4.01. The second-order valence-electron chi connectivity index (χ2n) is 2.69. The summed E-state index contributed by atoms with van der Waals surface area (Å²) in [6, 6.07) is 3.52. The van der Waals surface area contributed by atoms with Crippen molar-refractivity contribution >= 4 is 0 Å². The fraction of sp³-hybridized carbons (Fsp3) is 0.300. The molecule has 4 heteroatoms. The Bertz CT molecular complexity index is 368. The Kier molecular flexibility index (Phi) is 3.19. The van der Waals surface area contributed by atoms with Crippen LogP contribution in [0.15, 0.2) is 12.1 Å². The molecule has 0 aromatic heterocycles. The first-order valence-electron chi connectivity index (χ1n) is 4.01. The summed E-state index contributed by atoms with van der Waals surface area (Å²) in [7, 11) is 3.03. The first kappa shape index (κ1) is 10.2. The molecule has 0 saturated carbocycles. The van der Waals surface area contributed by atoms with E-state index in [1.165, 1.54) is 14.2 Å². The van der Waals surface area contributed by atoms with Gasteiger partial charge >= 0.3 is 0 Å². The number of hydrogen-bond donors (Lipinski definition) is 0. The summed E-state index contributed by atoms with van der Waals surface area (Å²) in [5.41, 5.74) is 0.938. The summed E-state index contributed by atoms with van der Waals surface area (Å²) in [4.78, 5) is 0. The van der Waals surface area contributed by atoms with Crippen LogP contribution in [0.5, 0.6) is 17.2 Å². The third kappa shape index (κ3) is 1.88. The average molecular weight is 193 g/mol. The van der Waals surface area contributed by atoms with Gasteiger partial charge in [0.2, 0.25) is 5.75 Å². The molecule has 0 amide bonds. The molecule has 0 aliphatic heterocycles. The van der Waals surface area contributed by atoms with E-state index in [2.05, 4.69) is 0 Å². The second-order valence-corrected chi connectivity index (χ2v) is 2.69. The van der Waals surface area contributed by atoms with E-state index in [-0.39, 0.29) is 0 Å². The predicted octanol–water partition coefficient (Wildman–Crippen LogP) is 1.87. The molecule has 0 spiro atoms. The lowest BCUT2D eigenvalue weighted by Crippen LogP contribution is -1.95. The molecule has 0 unspecified atom stereocenters. The smallest absolute Gasteiger partial charge is 0.292 e. The second kappa shape index (κ2) is 4.38. The molecule has 0 fully saturated rings. The van der Waals surface area contributed by atoms with E-state index < -0.39 is 0 Å². The van der Waals surface area contributed by atoms with Crippen LogP contribution in [0.2, 0.25) is 0 Å². The summed E-state index contributed by atoms with van der Waals surface area (Å²) in [5, 5.41) is 8.43. The third-order valence-electron chi connectivity index (χ3n) is 1.74. The van der Waals surface area contributed by atoms with Crippen molar-refractivity contribution in [1.29, 1.82) is 5.26 Å². The van der Waals surface area contributed by atoms with Crippen molar-refractivity contribution < 1.29 is 14.2 Å². The van der Waals surface area contributed by atoms with Gasteiger partial charge in [-0.1, -0.05) is 0 Å². The van der Waals surface area contributed by atoms with Crippen LogP contribution in [0.4, 0.5) is 0 Å². The van der Waals surface area contributed by atoms with Crippen LogP contribution in [0, 0.1) is 18.4 Å². The highest BCUT2D eigenvalue weighted by Crippen LogP contribution is 2.37. The van der Waals surface area contributed by atoms with Crippen LogP contribution >= 0.6 is 0 Å². The summed E-state index contributed by atoms with van der Waals surface area (Å²) >= 11 is 0. The van der Waals surface area contributed by atoms with Gasteiger partial charge in [-0.15, -0.1) is 5.26 Å². The van der Waals surface area contributed by atoms with Gasteiger partial charge in [0.15, 0.2) is 11.5 Å². The largest absolute Gasteiger partial charge is 0.493 e. The molecule has 4 nitrogen and oxygen atoms in total. The molecule has 0 atom stereocenters. The van der Waals surface area contributed by atoms with Gasteiger partial charge in [0, 0.05) is 0 Å². The highest BCUT2D eigenvalue weighted by molar-refractivity contribution is 5.53. The lowest BCUT2D eigenvalue weighted by molar-refractivity contribution is 0.338. The van der Waals surface area contributed by atoms with Crippen molar-refractivity contribution in [1.82, 2.24) is 0 Å². The van der Waals surface area contributed by atoms with Gasteiger partial charge in [-0.25, -0.2) is 0 Å². The molecule has 1 aromatic carbocycles. The molecule has 0 bridgehead atoms. The molecule has 0 heterocycles. The van der Waals surface area contributed by atoms with Crippen molar-refractivity contribution in [2.24, 2.45) is 0 Å². The van der Waals surface area contributed by atoms with E-state index in [1.54, 1.807) is 12.3 Å². The van der Waals surface area contributed by atoms with Crippen molar-refractivity contribution in [3.63, 3.8) is 0 Å². The van der Waals surface area contributed by atoms with E-state index in [0.29, 0.717) is 17.2 Å². The fourth-order valence-corrected chi connectivity index (χ4v) is 1.19. The number of nitrogens with zero attached hydrogens (tertiary/aromatic N) is 1. The fourth-order valence-electron chi connectivity index (χ4n) is 1.19. The Balaban J connectivity index is 3.25. The van der Waals surface area contributed by atoms with Crippen molar-refractivity contribution in [2.75, 3.05) is 14.2 Å². The maximum atomic E-state index is 8.43. The van der Waals surface area contributed by atoms with Crippen molar-refractivity contribution in [3.05, 3.63) is 17.7 Å². The SMILES string of the molecule is COc1cc(C)cc(OC#N)c1OC. The van der Waals surface area contributed by atoms with E-state index in [1.807, 2.05) is 13.0 Å². The molecular weight excluding hydrogens is 182 g/mol. The maximum Gasteiger partial charge on any atom is 0.292 e. The molecule has 14 heavy (non-hydrogen) atoms.